The minimum absolute atomic E-state index is 0.649. The van der Waals surface area contributed by atoms with Gasteiger partial charge in [0, 0.05) is 77.4 Å². The predicted octanol–water partition coefficient (Wildman–Crippen LogP) is 21.7. The first kappa shape index (κ1) is 53.8. The summed E-state index contributed by atoms with van der Waals surface area (Å²) in [5.41, 5.74) is 27.6. The van der Waals surface area contributed by atoms with Gasteiger partial charge in [-0.05, 0) is 141 Å². The fourth-order valence-electron chi connectivity index (χ4n) is 13.2. The van der Waals surface area contributed by atoms with Gasteiger partial charge in [0.1, 0.15) is 0 Å². The van der Waals surface area contributed by atoms with E-state index in [2.05, 4.69) is 304 Å². The van der Waals surface area contributed by atoms with Crippen LogP contribution in [-0.2, 0) is 0 Å². The van der Waals surface area contributed by atoms with E-state index in [9.17, 15) is 0 Å². The SMILES string of the molecule is Cc1ccc2c(c1)c1cc(C)ccc1n2-c1ccc(-c2nc(-c3cc(-c4ccccc4)nc(-c4ccccc4)c3)cc(-c3ccccc3-c3cc(-c4ccccc4)nc(-c4ccccc4)n3)c2-c2ccc(-n3c4ccc(C)cc4c4cc(C)ccc43)cc2)cc1. The van der Waals surface area contributed by atoms with E-state index in [1.807, 2.05) is 24.3 Å². The highest BCUT2D eigenvalue weighted by Gasteiger charge is 2.25. The Bertz CT molecular complexity index is 5180. The molecule has 0 unspecified atom stereocenters. The Hall–Kier alpha value is -11.6. The third-order valence-electron chi connectivity index (χ3n) is 17.6. The molecule has 0 saturated carbocycles. The average Bonchev–Trinajstić information content (AvgIpc) is 1.48. The van der Waals surface area contributed by atoms with Crippen molar-refractivity contribution in [1.29, 1.82) is 0 Å². The van der Waals surface area contributed by atoms with E-state index >= 15 is 0 Å². The van der Waals surface area contributed by atoms with Gasteiger partial charge in [-0.15, -0.1) is 0 Å². The average molecular weight is 1150 g/mol. The van der Waals surface area contributed by atoms with Gasteiger partial charge in [-0.2, -0.15) is 0 Å². The minimum atomic E-state index is 0.649. The lowest BCUT2D eigenvalue weighted by Crippen LogP contribution is -2.01. The highest BCUT2D eigenvalue weighted by Crippen LogP contribution is 2.47. The second-order valence-corrected chi connectivity index (χ2v) is 23.7. The van der Waals surface area contributed by atoms with Gasteiger partial charge in [-0.1, -0.05) is 216 Å². The van der Waals surface area contributed by atoms with E-state index in [1.54, 1.807) is 0 Å². The summed E-state index contributed by atoms with van der Waals surface area (Å²) in [4.78, 5) is 22.1. The van der Waals surface area contributed by atoms with Crippen LogP contribution in [0.4, 0.5) is 0 Å². The van der Waals surface area contributed by atoms with Crippen LogP contribution in [0.15, 0.2) is 291 Å². The minimum Gasteiger partial charge on any atom is -0.309 e. The van der Waals surface area contributed by atoms with Crippen molar-refractivity contribution in [1.82, 2.24) is 29.1 Å². The van der Waals surface area contributed by atoms with Gasteiger partial charge in [-0.25, -0.2) is 19.9 Å². The first-order valence-electron chi connectivity index (χ1n) is 30.8. The maximum Gasteiger partial charge on any atom is 0.160 e. The van der Waals surface area contributed by atoms with Crippen molar-refractivity contribution in [2.45, 2.75) is 27.7 Å². The molecule has 0 spiro atoms. The van der Waals surface area contributed by atoms with Crippen molar-refractivity contribution in [2.75, 3.05) is 0 Å². The van der Waals surface area contributed by atoms with Crippen molar-refractivity contribution < 1.29 is 0 Å². The Labute approximate surface area is 523 Å². The van der Waals surface area contributed by atoms with Gasteiger partial charge in [0.25, 0.3) is 0 Å². The van der Waals surface area contributed by atoms with Gasteiger partial charge in [0.15, 0.2) is 5.82 Å². The Kier molecular flexibility index (Phi) is 13.3. The molecule has 90 heavy (non-hydrogen) atoms. The lowest BCUT2D eigenvalue weighted by molar-refractivity contribution is 1.18. The molecule has 426 valence electrons. The lowest BCUT2D eigenvalue weighted by atomic mass is 9.86. The Balaban J connectivity index is 0.981. The summed E-state index contributed by atoms with van der Waals surface area (Å²) in [6.07, 6.45) is 0. The normalized spacial score (nSPS) is 11.6. The van der Waals surface area contributed by atoms with Crippen molar-refractivity contribution >= 4 is 43.6 Å². The van der Waals surface area contributed by atoms with Crippen LogP contribution in [0.1, 0.15) is 22.3 Å². The van der Waals surface area contributed by atoms with Crippen LogP contribution in [0.2, 0.25) is 0 Å². The van der Waals surface area contributed by atoms with Gasteiger partial charge in [0.2, 0.25) is 0 Å². The molecule has 0 saturated heterocycles. The van der Waals surface area contributed by atoms with Crippen molar-refractivity contribution in [3.05, 3.63) is 313 Å². The predicted molar refractivity (Wildman–Crippen MR) is 374 cm³/mol. The zero-order valence-electron chi connectivity index (χ0n) is 50.4. The van der Waals surface area contributed by atoms with E-state index in [1.165, 1.54) is 65.9 Å². The molecule has 5 heterocycles. The van der Waals surface area contributed by atoms with E-state index in [0.29, 0.717) is 5.82 Å². The van der Waals surface area contributed by atoms with Crippen LogP contribution in [0.3, 0.4) is 0 Å². The standard InChI is InChI=1S/C84H60N6/c1-53-29-41-78-68(45-53)69-46-54(2)30-42-79(69)89(78)64-37-33-60(34-38-64)82-72(66-27-17-18-28-67(66)77-52-76(59-23-13-7-14-24-59)87-84(88-77)62-25-15-8-16-26-62)51-75(63-49-73(57-19-9-5-10-20-57)85-74(50-63)58-21-11-6-12-22-58)86-83(82)61-35-39-65(40-36-61)90-80-43-31-55(3)47-70(80)71-48-56(4)32-44-81(71)90/h5-52H,1-4H3. The molecule has 0 radical (unpaired) electrons. The molecular weight excluding hydrogens is 1090 g/mol. The number of hydrogen-bond acceptors (Lipinski definition) is 4. The number of rotatable bonds is 11. The molecule has 0 aliphatic rings. The highest BCUT2D eigenvalue weighted by molar-refractivity contribution is 6.11. The fourth-order valence-corrected chi connectivity index (χ4v) is 13.2. The fraction of sp³-hybridized carbons (Fsp3) is 0.0476. The van der Waals surface area contributed by atoms with Crippen LogP contribution in [-0.4, -0.2) is 29.1 Å². The highest BCUT2D eigenvalue weighted by atomic mass is 15.0. The first-order valence-corrected chi connectivity index (χ1v) is 30.8. The van der Waals surface area contributed by atoms with Gasteiger partial charge in [0.05, 0.1) is 56.2 Å². The van der Waals surface area contributed by atoms with E-state index in [-0.39, 0.29) is 0 Å². The second-order valence-electron chi connectivity index (χ2n) is 23.7. The van der Waals surface area contributed by atoms with E-state index < -0.39 is 0 Å². The summed E-state index contributed by atoms with van der Waals surface area (Å²) in [7, 11) is 0. The summed E-state index contributed by atoms with van der Waals surface area (Å²) >= 11 is 0. The molecule has 0 atom stereocenters. The zero-order chi connectivity index (χ0) is 60.4. The molecule has 0 bridgehead atoms. The molecule has 0 fully saturated rings. The molecule has 0 aliphatic carbocycles. The summed E-state index contributed by atoms with van der Waals surface area (Å²) in [5.74, 6) is 0.649. The molecule has 0 N–H and O–H groups in total. The van der Waals surface area contributed by atoms with E-state index in [4.69, 9.17) is 19.9 Å². The van der Waals surface area contributed by atoms with Crippen molar-refractivity contribution in [3.8, 4) is 113 Å². The third kappa shape index (κ3) is 9.72. The van der Waals surface area contributed by atoms with Gasteiger partial charge >= 0.3 is 0 Å². The molecule has 16 aromatic rings. The monoisotopic (exact) mass is 1150 g/mol. The summed E-state index contributed by atoms with van der Waals surface area (Å²) in [6.45, 7) is 8.69. The molecular formula is C84H60N6. The molecule has 0 amide bonds. The maximum atomic E-state index is 5.97. The Morgan fingerprint density at radius 2 is 0.600 bits per heavy atom. The van der Waals surface area contributed by atoms with Gasteiger partial charge < -0.3 is 9.13 Å². The first-order chi connectivity index (χ1) is 44.2. The number of aryl methyl sites for hydroxylation is 4. The largest absolute Gasteiger partial charge is 0.309 e. The van der Waals surface area contributed by atoms with Crippen molar-refractivity contribution in [2.24, 2.45) is 0 Å². The molecule has 0 aliphatic heterocycles. The molecule has 6 heteroatoms. The second kappa shape index (κ2) is 22.3. The summed E-state index contributed by atoms with van der Waals surface area (Å²) < 4.78 is 4.81. The number of nitrogens with zero attached hydrogens (tertiary/aromatic N) is 6. The number of pyridine rings is 2. The number of fused-ring (bicyclic) bond motifs is 6. The molecule has 5 aromatic heterocycles. The van der Waals surface area contributed by atoms with E-state index in [0.717, 1.165) is 107 Å². The number of benzene rings is 11. The van der Waals surface area contributed by atoms with Crippen LogP contribution in [0.5, 0.6) is 0 Å². The summed E-state index contributed by atoms with van der Waals surface area (Å²) in [6, 6.07) is 105. The zero-order valence-corrected chi connectivity index (χ0v) is 50.4. The molecule has 6 nitrogen and oxygen atoms in total. The number of aromatic nitrogens is 6. The molecule has 16 rings (SSSR count). The quantitative estimate of drug-likeness (QED) is 0.129. The van der Waals surface area contributed by atoms with Gasteiger partial charge in [-0.3, -0.25) is 0 Å². The lowest BCUT2D eigenvalue weighted by Gasteiger charge is -2.21. The smallest absolute Gasteiger partial charge is 0.160 e. The van der Waals surface area contributed by atoms with Crippen LogP contribution < -0.4 is 0 Å². The number of hydrogen-bond donors (Lipinski definition) is 0. The van der Waals surface area contributed by atoms with Crippen LogP contribution >= 0.6 is 0 Å². The van der Waals surface area contributed by atoms with Crippen LogP contribution in [0, 0.1) is 27.7 Å². The third-order valence-corrected chi connectivity index (χ3v) is 17.6. The Morgan fingerprint density at radius 1 is 0.233 bits per heavy atom. The maximum absolute atomic E-state index is 5.97. The van der Waals surface area contributed by atoms with Crippen LogP contribution in [0.25, 0.3) is 156 Å². The van der Waals surface area contributed by atoms with Crippen molar-refractivity contribution in [3.63, 3.8) is 0 Å². The summed E-state index contributed by atoms with van der Waals surface area (Å²) in [5, 5.41) is 4.96. The molecule has 11 aromatic carbocycles. The Morgan fingerprint density at radius 3 is 1.04 bits per heavy atom. The topological polar surface area (TPSA) is 61.4 Å².